The lowest BCUT2D eigenvalue weighted by Crippen LogP contribution is -2.16. The highest BCUT2D eigenvalue weighted by Gasteiger charge is 2.38. The van der Waals surface area contributed by atoms with Crippen LogP contribution in [0.4, 0.5) is 42.9 Å². The van der Waals surface area contributed by atoms with Crippen molar-refractivity contribution in [2.75, 3.05) is 9.80 Å². The van der Waals surface area contributed by atoms with Crippen molar-refractivity contribution in [3.63, 3.8) is 0 Å². The van der Waals surface area contributed by atoms with Gasteiger partial charge in [-0.1, -0.05) is 141 Å². The highest BCUT2D eigenvalue weighted by molar-refractivity contribution is 7.26. The molecule has 5 heteroatoms. The smallest absolute Gasteiger partial charge is 0.147 e. The Hall–Kier alpha value is -7.08. The standard InChI is InChI=1S/C55H36F2N2S/c1-55(2)40-16-5-3-14-37(40)53-41(55)17-12-22-48(53)58(46-20-8-6-18-42(46)56)44-31-27-33-26-30-39-45(32-28-34-25-29-38(44)51(33)52(34)39)59(47-21-9-7-19-43(47)57)49-23-11-15-36-35-13-4-10-24-50(35)60-54(36)49/h3-32H,1-2H3. The van der Waals surface area contributed by atoms with Gasteiger partial charge < -0.3 is 9.80 Å². The van der Waals surface area contributed by atoms with Gasteiger partial charge in [0.25, 0.3) is 0 Å². The van der Waals surface area contributed by atoms with Crippen LogP contribution in [0.3, 0.4) is 0 Å². The number of nitrogens with zero attached hydrogens (tertiary/aromatic N) is 2. The predicted molar refractivity (Wildman–Crippen MR) is 250 cm³/mol. The van der Waals surface area contributed by atoms with Crippen molar-refractivity contribution in [1.82, 2.24) is 0 Å². The van der Waals surface area contributed by atoms with E-state index in [2.05, 4.69) is 157 Å². The van der Waals surface area contributed by atoms with Gasteiger partial charge in [-0.15, -0.1) is 11.3 Å². The van der Waals surface area contributed by atoms with E-state index in [1.54, 1.807) is 29.5 Å². The number of hydrogen-bond donors (Lipinski definition) is 0. The molecule has 0 radical (unpaired) electrons. The first-order valence-electron chi connectivity index (χ1n) is 20.3. The fraction of sp³-hybridized carbons (Fsp3) is 0.0545. The molecule has 2 nitrogen and oxygen atoms in total. The number of para-hydroxylation sites is 2. The minimum absolute atomic E-state index is 0.230. The maximum Gasteiger partial charge on any atom is 0.147 e. The topological polar surface area (TPSA) is 6.48 Å². The van der Waals surface area contributed by atoms with Crippen LogP contribution in [0.5, 0.6) is 0 Å². The minimum atomic E-state index is -0.302. The molecule has 0 spiro atoms. The molecule has 0 N–H and O–H groups in total. The van der Waals surface area contributed by atoms with Crippen LogP contribution in [0, 0.1) is 11.6 Å². The molecule has 10 aromatic carbocycles. The molecular weight excluding hydrogens is 759 g/mol. The van der Waals surface area contributed by atoms with E-state index in [9.17, 15) is 0 Å². The number of rotatable bonds is 6. The van der Waals surface area contributed by atoms with Crippen LogP contribution in [0.1, 0.15) is 25.0 Å². The average molecular weight is 795 g/mol. The molecule has 0 atom stereocenters. The Kier molecular flexibility index (Phi) is 7.54. The van der Waals surface area contributed by atoms with Gasteiger partial charge in [-0.05, 0) is 92.8 Å². The molecule has 0 unspecified atom stereocenters. The maximum atomic E-state index is 16.4. The third-order valence-corrected chi connectivity index (χ3v) is 13.9. The van der Waals surface area contributed by atoms with Crippen LogP contribution in [0.2, 0.25) is 0 Å². The Balaban J connectivity index is 1.14. The summed E-state index contributed by atoms with van der Waals surface area (Å²) in [5.41, 5.74) is 9.08. The summed E-state index contributed by atoms with van der Waals surface area (Å²) in [6, 6.07) is 61.2. The fourth-order valence-corrected chi connectivity index (χ4v) is 11.2. The number of anilines is 6. The number of thiophene rings is 1. The maximum absolute atomic E-state index is 16.4. The van der Waals surface area contributed by atoms with E-state index in [0.717, 1.165) is 70.7 Å². The van der Waals surface area contributed by atoms with E-state index >= 15 is 8.78 Å². The Labute approximate surface area is 350 Å². The largest absolute Gasteiger partial charge is 0.306 e. The van der Waals surface area contributed by atoms with Gasteiger partial charge >= 0.3 is 0 Å². The van der Waals surface area contributed by atoms with Gasteiger partial charge in [0.15, 0.2) is 0 Å². The molecule has 0 aliphatic heterocycles. The summed E-state index contributed by atoms with van der Waals surface area (Å²) in [5.74, 6) is -0.603. The molecule has 11 aromatic rings. The Morgan fingerprint density at radius 2 is 0.900 bits per heavy atom. The second-order valence-electron chi connectivity index (χ2n) is 16.3. The molecule has 0 fully saturated rings. The van der Waals surface area contributed by atoms with Crippen LogP contribution in [-0.4, -0.2) is 0 Å². The zero-order chi connectivity index (χ0) is 40.3. The van der Waals surface area contributed by atoms with E-state index < -0.39 is 0 Å². The summed E-state index contributed by atoms with van der Waals surface area (Å²) in [7, 11) is 0. The average Bonchev–Trinajstić information content (AvgIpc) is 3.78. The van der Waals surface area contributed by atoms with Gasteiger partial charge in [0.1, 0.15) is 11.6 Å². The molecular formula is C55H36F2N2S. The lowest BCUT2D eigenvalue weighted by atomic mass is 9.82. The van der Waals surface area contributed by atoms with E-state index in [4.69, 9.17) is 0 Å². The molecule has 12 rings (SSSR count). The monoisotopic (exact) mass is 794 g/mol. The second kappa shape index (κ2) is 13.0. The summed E-state index contributed by atoms with van der Waals surface area (Å²) in [4.78, 5) is 4.21. The first-order valence-corrected chi connectivity index (χ1v) is 21.1. The van der Waals surface area contributed by atoms with Crippen molar-refractivity contribution < 1.29 is 8.78 Å². The molecule has 0 bridgehead atoms. The molecule has 0 amide bonds. The first kappa shape index (κ1) is 34.9. The zero-order valence-electron chi connectivity index (χ0n) is 32.9. The van der Waals surface area contributed by atoms with Crippen molar-refractivity contribution in [3.05, 3.63) is 205 Å². The summed E-state index contributed by atoms with van der Waals surface area (Å²) in [5, 5.41) is 8.63. The van der Waals surface area contributed by atoms with E-state index in [1.165, 1.54) is 32.8 Å². The molecule has 0 saturated carbocycles. The van der Waals surface area contributed by atoms with Crippen molar-refractivity contribution in [3.8, 4) is 11.1 Å². The lowest BCUT2D eigenvalue weighted by Gasteiger charge is -2.31. The molecule has 0 saturated heterocycles. The summed E-state index contributed by atoms with van der Waals surface area (Å²) >= 11 is 1.73. The Bertz CT molecular complexity index is 3530. The molecule has 1 aliphatic rings. The van der Waals surface area contributed by atoms with Gasteiger partial charge in [-0.3, -0.25) is 0 Å². The Morgan fingerprint density at radius 3 is 1.58 bits per heavy atom. The van der Waals surface area contributed by atoms with E-state index in [1.807, 2.05) is 24.3 Å². The first-order chi connectivity index (χ1) is 29.4. The SMILES string of the molecule is CC1(C)c2ccccc2-c2c(N(c3ccccc3F)c3ccc4ccc5c(N(c6ccccc6F)c6cccc7c6sc6ccccc67)ccc6ccc3c4c65)cccc21. The highest BCUT2D eigenvalue weighted by atomic mass is 32.1. The van der Waals surface area contributed by atoms with Crippen LogP contribution in [0.25, 0.3) is 63.6 Å². The summed E-state index contributed by atoms with van der Waals surface area (Å²) in [6.45, 7) is 4.54. The third-order valence-electron chi connectivity index (χ3n) is 12.7. The van der Waals surface area contributed by atoms with Gasteiger partial charge in [0, 0.05) is 37.2 Å². The predicted octanol–water partition coefficient (Wildman–Crippen LogP) is 16.5. The summed E-state index contributed by atoms with van der Waals surface area (Å²) in [6.07, 6.45) is 0. The molecule has 1 aliphatic carbocycles. The summed E-state index contributed by atoms with van der Waals surface area (Å²) < 4.78 is 35.0. The van der Waals surface area contributed by atoms with Crippen molar-refractivity contribution in [2.24, 2.45) is 0 Å². The van der Waals surface area contributed by atoms with Crippen molar-refractivity contribution >= 4 is 98.0 Å². The zero-order valence-corrected chi connectivity index (χ0v) is 33.7. The minimum Gasteiger partial charge on any atom is -0.306 e. The highest BCUT2D eigenvalue weighted by Crippen LogP contribution is 2.56. The number of hydrogen-bond acceptors (Lipinski definition) is 3. The van der Waals surface area contributed by atoms with Gasteiger partial charge in [-0.2, -0.15) is 0 Å². The van der Waals surface area contributed by atoms with Crippen LogP contribution in [0.15, 0.2) is 182 Å². The number of halogens is 2. The lowest BCUT2D eigenvalue weighted by molar-refractivity contribution is 0.628. The Morgan fingerprint density at radius 1 is 0.400 bits per heavy atom. The number of fused-ring (bicyclic) bond motifs is 6. The molecule has 286 valence electrons. The normalized spacial score (nSPS) is 13.1. The van der Waals surface area contributed by atoms with Crippen LogP contribution >= 0.6 is 11.3 Å². The van der Waals surface area contributed by atoms with Gasteiger partial charge in [0.05, 0.1) is 38.8 Å². The molecule has 1 heterocycles. The van der Waals surface area contributed by atoms with E-state index in [0.29, 0.717) is 11.4 Å². The fourth-order valence-electron chi connectivity index (χ4n) is 10.0. The van der Waals surface area contributed by atoms with Gasteiger partial charge in [0.2, 0.25) is 0 Å². The van der Waals surface area contributed by atoms with Crippen LogP contribution < -0.4 is 9.80 Å². The second-order valence-corrected chi connectivity index (χ2v) is 17.3. The van der Waals surface area contributed by atoms with Crippen molar-refractivity contribution in [2.45, 2.75) is 19.3 Å². The van der Waals surface area contributed by atoms with Gasteiger partial charge in [-0.25, -0.2) is 8.78 Å². The number of benzene rings is 10. The third kappa shape index (κ3) is 4.90. The van der Waals surface area contributed by atoms with Crippen molar-refractivity contribution in [1.29, 1.82) is 0 Å². The molecule has 1 aromatic heterocycles. The molecule has 60 heavy (non-hydrogen) atoms. The van der Waals surface area contributed by atoms with E-state index in [-0.39, 0.29) is 17.0 Å². The quantitative estimate of drug-likeness (QED) is 0.155. The van der Waals surface area contributed by atoms with Crippen LogP contribution in [-0.2, 0) is 5.41 Å².